The first-order chi connectivity index (χ1) is 11.3. The Kier molecular flexibility index (Phi) is 5.20. The summed E-state index contributed by atoms with van der Waals surface area (Å²) in [5, 5.41) is 9.11. The molecule has 1 N–H and O–H groups in total. The van der Waals surface area contributed by atoms with Crippen LogP contribution in [0.2, 0.25) is 0 Å². The molecule has 1 aromatic carbocycles. The van der Waals surface area contributed by atoms with E-state index in [1.807, 2.05) is 37.3 Å². The number of pyridine rings is 1. The lowest BCUT2D eigenvalue weighted by molar-refractivity contribution is -0.118. The van der Waals surface area contributed by atoms with Crippen molar-refractivity contribution >= 4 is 11.6 Å². The molecule has 0 aliphatic heterocycles. The maximum Gasteiger partial charge on any atom is 0.266 e. The van der Waals surface area contributed by atoms with Crippen LogP contribution in [0.4, 0.5) is 5.69 Å². The van der Waals surface area contributed by atoms with Gasteiger partial charge < -0.3 is 9.88 Å². The summed E-state index contributed by atoms with van der Waals surface area (Å²) in [4.78, 5) is 28.5. The molecule has 2 rings (SSSR count). The van der Waals surface area contributed by atoms with Crippen molar-refractivity contribution in [1.29, 1.82) is 5.26 Å². The molecule has 0 radical (unpaired) electrons. The summed E-state index contributed by atoms with van der Waals surface area (Å²) in [6, 6.07) is 9.70. The zero-order chi connectivity index (χ0) is 17.9. The first-order valence-electron chi connectivity index (χ1n) is 7.80. The molecule has 5 heteroatoms. The van der Waals surface area contributed by atoms with Crippen LogP contribution in [0.15, 0.2) is 29.1 Å². The highest BCUT2D eigenvalue weighted by molar-refractivity contribution is 5.93. The number of H-pyrrole nitrogens is 1. The van der Waals surface area contributed by atoms with Crippen LogP contribution in [0.3, 0.4) is 0 Å². The second-order valence-corrected chi connectivity index (χ2v) is 5.96. The minimum Gasteiger partial charge on any atom is -0.325 e. The quantitative estimate of drug-likeness (QED) is 0.940. The lowest BCUT2D eigenvalue weighted by Gasteiger charge is -2.18. The molecular weight excluding hydrogens is 302 g/mol. The first kappa shape index (κ1) is 17.5. The van der Waals surface area contributed by atoms with Crippen LogP contribution in [0.1, 0.15) is 34.4 Å². The minimum atomic E-state index is -0.376. The highest BCUT2D eigenvalue weighted by atomic mass is 16.2. The number of hydrogen-bond acceptors (Lipinski definition) is 3. The number of amides is 1. The Morgan fingerprint density at radius 1 is 1.29 bits per heavy atom. The number of rotatable bonds is 4. The van der Waals surface area contributed by atoms with Crippen molar-refractivity contribution in [3.8, 4) is 6.07 Å². The van der Waals surface area contributed by atoms with Crippen LogP contribution in [0, 0.1) is 32.1 Å². The molecule has 24 heavy (non-hydrogen) atoms. The summed E-state index contributed by atoms with van der Waals surface area (Å²) in [5.74, 6) is -0.0101. The van der Waals surface area contributed by atoms with Crippen LogP contribution in [-0.4, -0.2) is 17.9 Å². The number of benzene rings is 1. The Morgan fingerprint density at radius 3 is 2.62 bits per heavy atom. The van der Waals surface area contributed by atoms with Gasteiger partial charge in [-0.15, -0.1) is 0 Å². The highest BCUT2D eigenvalue weighted by Gasteiger charge is 2.15. The van der Waals surface area contributed by atoms with Gasteiger partial charge >= 0.3 is 0 Å². The van der Waals surface area contributed by atoms with Gasteiger partial charge in [-0.2, -0.15) is 5.26 Å². The summed E-state index contributed by atoms with van der Waals surface area (Å²) in [6.07, 6.45) is 0.793. The van der Waals surface area contributed by atoms with Crippen molar-refractivity contribution in [2.75, 3.05) is 11.9 Å². The van der Waals surface area contributed by atoms with Crippen LogP contribution in [0.25, 0.3) is 0 Å². The number of anilines is 1. The Bertz CT molecular complexity index is 875. The van der Waals surface area contributed by atoms with E-state index in [-0.39, 0.29) is 17.0 Å². The summed E-state index contributed by atoms with van der Waals surface area (Å²) in [5.41, 5.74) is 3.92. The predicted molar refractivity (Wildman–Crippen MR) is 94.2 cm³/mol. The average molecular weight is 323 g/mol. The Morgan fingerprint density at radius 2 is 2.00 bits per heavy atom. The Balaban J connectivity index is 2.18. The molecular formula is C19H21N3O2. The maximum atomic E-state index is 12.5. The van der Waals surface area contributed by atoms with Gasteiger partial charge in [0.2, 0.25) is 5.91 Å². The standard InChI is InChI=1S/C19H21N3O2/c1-12-6-5-7-15(10-12)22(4)18(23)9-8-16-13(2)17(11-20)19(24)21-14(16)3/h5-7,10H,8-9H2,1-4H3,(H,21,24). The van der Waals surface area contributed by atoms with Crippen molar-refractivity contribution in [3.05, 3.63) is 62.6 Å². The summed E-state index contributed by atoms with van der Waals surface area (Å²) in [7, 11) is 1.75. The van der Waals surface area contributed by atoms with Gasteiger partial charge in [-0.05, 0) is 56.0 Å². The van der Waals surface area contributed by atoms with E-state index in [9.17, 15) is 9.59 Å². The minimum absolute atomic E-state index is 0.0101. The van der Waals surface area contributed by atoms with Gasteiger partial charge in [-0.3, -0.25) is 9.59 Å². The SMILES string of the molecule is Cc1cccc(N(C)C(=O)CCc2c(C)[nH]c(=O)c(C#N)c2C)c1. The second kappa shape index (κ2) is 7.14. The maximum absolute atomic E-state index is 12.5. The van der Waals surface area contributed by atoms with E-state index in [1.165, 1.54) is 0 Å². The molecule has 0 bridgehead atoms. The average Bonchev–Trinajstić information content (AvgIpc) is 2.53. The van der Waals surface area contributed by atoms with E-state index in [2.05, 4.69) is 4.98 Å². The molecule has 1 amide bonds. The summed E-state index contributed by atoms with van der Waals surface area (Å²) < 4.78 is 0. The highest BCUT2D eigenvalue weighted by Crippen LogP contribution is 2.18. The van der Waals surface area contributed by atoms with Crippen LogP contribution >= 0.6 is 0 Å². The molecule has 0 aliphatic rings. The van der Waals surface area contributed by atoms with Crippen LogP contribution < -0.4 is 10.5 Å². The van der Waals surface area contributed by atoms with Gasteiger partial charge in [0, 0.05) is 24.8 Å². The molecule has 0 saturated heterocycles. The molecule has 124 valence electrons. The van der Waals surface area contributed by atoms with Gasteiger partial charge in [-0.1, -0.05) is 12.1 Å². The normalized spacial score (nSPS) is 10.3. The topological polar surface area (TPSA) is 77.0 Å². The monoisotopic (exact) mass is 323 g/mol. The predicted octanol–water partition coefficient (Wildman–Crippen LogP) is 2.77. The molecule has 0 saturated carbocycles. The number of aryl methyl sites for hydroxylation is 2. The molecule has 1 heterocycles. The first-order valence-corrected chi connectivity index (χ1v) is 7.80. The number of aromatic nitrogens is 1. The molecule has 0 fully saturated rings. The molecule has 5 nitrogen and oxygen atoms in total. The number of hydrogen-bond donors (Lipinski definition) is 1. The summed E-state index contributed by atoms with van der Waals surface area (Å²) >= 11 is 0. The molecule has 0 atom stereocenters. The van der Waals surface area contributed by atoms with Crippen LogP contribution in [-0.2, 0) is 11.2 Å². The number of carbonyl (C=O) groups is 1. The van der Waals surface area contributed by atoms with Gasteiger partial charge in [0.25, 0.3) is 5.56 Å². The summed E-state index contributed by atoms with van der Waals surface area (Å²) in [6.45, 7) is 5.53. The smallest absolute Gasteiger partial charge is 0.266 e. The van der Waals surface area contributed by atoms with E-state index in [4.69, 9.17) is 5.26 Å². The molecule has 0 spiro atoms. The third kappa shape index (κ3) is 3.54. The van der Waals surface area contributed by atoms with Crippen LogP contribution in [0.5, 0.6) is 0 Å². The molecule has 0 unspecified atom stereocenters. The van der Waals surface area contributed by atoms with Crippen molar-refractivity contribution in [3.63, 3.8) is 0 Å². The van der Waals surface area contributed by atoms with Crippen molar-refractivity contribution in [1.82, 2.24) is 4.98 Å². The Labute approximate surface area is 141 Å². The molecule has 2 aromatic rings. The lowest BCUT2D eigenvalue weighted by Crippen LogP contribution is -2.27. The number of nitrogens with one attached hydrogen (secondary N) is 1. The van der Waals surface area contributed by atoms with E-state index in [0.717, 1.165) is 16.8 Å². The van der Waals surface area contributed by atoms with Gasteiger partial charge in [0.15, 0.2) is 0 Å². The van der Waals surface area contributed by atoms with Gasteiger partial charge in [0.05, 0.1) is 0 Å². The van der Waals surface area contributed by atoms with Crippen molar-refractivity contribution in [2.24, 2.45) is 0 Å². The largest absolute Gasteiger partial charge is 0.325 e. The number of nitrogens with zero attached hydrogens (tertiary/aromatic N) is 2. The lowest BCUT2D eigenvalue weighted by atomic mass is 9.99. The van der Waals surface area contributed by atoms with Gasteiger partial charge in [0.1, 0.15) is 11.6 Å². The third-order valence-corrected chi connectivity index (χ3v) is 4.27. The number of carbonyl (C=O) groups excluding carboxylic acids is 1. The Hall–Kier alpha value is -2.87. The number of nitriles is 1. The van der Waals surface area contributed by atoms with E-state index in [1.54, 1.807) is 25.8 Å². The van der Waals surface area contributed by atoms with Gasteiger partial charge in [-0.25, -0.2) is 0 Å². The fourth-order valence-electron chi connectivity index (χ4n) is 2.80. The fourth-order valence-corrected chi connectivity index (χ4v) is 2.80. The second-order valence-electron chi connectivity index (χ2n) is 5.96. The zero-order valence-electron chi connectivity index (χ0n) is 14.4. The number of aromatic amines is 1. The van der Waals surface area contributed by atoms with Crippen molar-refractivity contribution in [2.45, 2.75) is 33.6 Å². The fraction of sp³-hybridized carbons (Fsp3) is 0.316. The molecule has 1 aromatic heterocycles. The van der Waals surface area contributed by atoms with E-state index in [0.29, 0.717) is 24.1 Å². The molecule has 0 aliphatic carbocycles. The van der Waals surface area contributed by atoms with E-state index < -0.39 is 0 Å². The zero-order valence-corrected chi connectivity index (χ0v) is 14.4. The van der Waals surface area contributed by atoms with E-state index >= 15 is 0 Å². The third-order valence-electron chi connectivity index (χ3n) is 4.27. The van der Waals surface area contributed by atoms with Crippen molar-refractivity contribution < 1.29 is 4.79 Å².